The zero-order chi connectivity index (χ0) is 21.0. The minimum Gasteiger partial charge on any atom is -0.461 e. The van der Waals surface area contributed by atoms with Crippen LogP contribution in [0.3, 0.4) is 0 Å². The maximum Gasteiger partial charge on any atom is 0.410 e. The van der Waals surface area contributed by atoms with Gasteiger partial charge in [-0.3, -0.25) is 4.90 Å². The van der Waals surface area contributed by atoms with Crippen molar-refractivity contribution in [2.75, 3.05) is 13.2 Å². The smallest absolute Gasteiger partial charge is 0.410 e. The zero-order valence-electron chi connectivity index (χ0n) is 15.7. The lowest BCUT2D eigenvalue weighted by Gasteiger charge is -2.38. The van der Waals surface area contributed by atoms with E-state index in [1.165, 1.54) is 4.90 Å². The molecule has 2 aliphatic heterocycles. The van der Waals surface area contributed by atoms with Crippen molar-refractivity contribution < 1.29 is 44.2 Å². The maximum absolute atomic E-state index is 12.4. The van der Waals surface area contributed by atoms with Crippen LogP contribution in [0.2, 0.25) is 0 Å². The first-order chi connectivity index (χ1) is 13.9. The van der Waals surface area contributed by atoms with Gasteiger partial charge in [0.2, 0.25) is 0 Å². The Bertz CT molecular complexity index is 700. The van der Waals surface area contributed by atoms with Crippen LogP contribution in [0.25, 0.3) is 0 Å². The predicted molar refractivity (Wildman–Crippen MR) is 96.2 cm³/mol. The number of rotatable bonds is 5. The predicted octanol–water partition coefficient (Wildman–Crippen LogP) is -0.869. The highest BCUT2D eigenvalue weighted by molar-refractivity contribution is 5.82. The molecule has 0 saturated carbocycles. The zero-order valence-corrected chi connectivity index (χ0v) is 15.7. The second-order valence-corrected chi connectivity index (χ2v) is 7.06. The molecule has 1 amide bonds. The van der Waals surface area contributed by atoms with Gasteiger partial charge >= 0.3 is 12.1 Å². The fourth-order valence-electron chi connectivity index (χ4n) is 3.36. The van der Waals surface area contributed by atoms with Gasteiger partial charge < -0.3 is 34.6 Å². The number of esters is 1. The Balaban J connectivity index is 1.51. The molecule has 0 aliphatic carbocycles. The molecule has 29 heavy (non-hydrogen) atoms. The number of ether oxygens (including phenoxy) is 3. The molecule has 2 saturated heterocycles. The third-order valence-corrected chi connectivity index (χ3v) is 5.04. The molecule has 0 bridgehead atoms. The number of nitrogens with zero attached hydrogens (tertiary/aromatic N) is 1. The average Bonchev–Trinajstić information content (AvgIpc) is 3.23. The van der Waals surface area contributed by atoms with E-state index in [4.69, 9.17) is 14.2 Å². The quantitative estimate of drug-likeness (QED) is 0.454. The average molecular weight is 411 g/mol. The number of hydrogen-bond donors (Lipinski definition) is 4. The molecule has 4 N–H and O–H groups in total. The normalized spacial score (nSPS) is 32.1. The van der Waals surface area contributed by atoms with Crippen molar-refractivity contribution in [3.63, 3.8) is 0 Å². The minimum atomic E-state index is -1.71. The van der Waals surface area contributed by atoms with E-state index in [1.807, 2.05) is 30.3 Å². The van der Waals surface area contributed by atoms with Crippen LogP contribution in [-0.2, 0) is 25.6 Å². The van der Waals surface area contributed by atoms with Crippen molar-refractivity contribution in [3.05, 3.63) is 35.9 Å². The molecule has 0 radical (unpaired) electrons. The Labute approximate surface area is 167 Å². The van der Waals surface area contributed by atoms with E-state index < -0.39 is 55.4 Å². The molecular formula is C19H25NO9. The van der Waals surface area contributed by atoms with Crippen LogP contribution in [-0.4, -0.2) is 87.3 Å². The molecule has 3 unspecified atom stereocenters. The van der Waals surface area contributed by atoms with Crippen LogP contribution in [0, 0.1) is 0 Å². The third-order valence-electron chi connectivity index (χ3n) is 5.04. The number of carbonyl (C=O) groups excluding carboxylic acids is 2. The van der Waals surface area contributed by atoms with Crippen molar-refractivity contribution in [2.24, 2.45) is 0 Å². The number of likely N-dealkylation sites (tertiary alicyclic amines) is 1. The number of hydrogen-bond acceptors (Lipinski definition) is 9. The third kappa shape index (κ3) is 5.03. The van der Waals surface area contributed by atoms with Gasteiger partial charge in [-0.25, -0.2) is 9.59 Å². The molecule has 0 aromatic heterocycles. The summed E-state index contributed by atoms with van der Waals surface area (Å²) in [5.41, 5.74) is 0.821. The van der Waals surface area contributed by atoms with E-state index >= 15 is 0 Å². The summed E-state index contributed by atoms with van der Waals surface area (Å²) >= 11 is 0. The number of benzene rings is 1. The van der Waals surface area contributed by atoms with E-state index in [0.29, 0.717) is 19.4 Å². The van der Waals surface area contributed by atoms with Crippen molar-refractivity contribution in [2.45, 2.75) is 56.2 Å². The summed E-state index contributed by atoms with van der Waals surface area (Å²) in [4.78, 5) is 26.1. The Morgan fingerprint density at radius 3 is 2.48 bits per heavy atom. The van der Waals surface area contributed by atoms with Crippen LogP contribution < -0.4 is 0 Å². The Morgan fingerprint density at radius 1 is 1.03 bits per heavy atom. The summed E-state index contributed by atoms with van der Waals surface area (Å²) in [5.74, 6) is -0.704. The summed E-state index contributed by atoms with van der Waals surface area (Å²) in [6, 6.07) is 8.31. The lowest BCUT2D eigenvalue weighted by atomic mass is 9.99. The van der Waals surface area contributed by atoms with Crippen LogP contribution in [0.4, 0.5) is 4.79 Å². The second-order valence-electron chi connectivity index (χ2n) is 7.06. The molecule has 1 aromatic carbocycles. The van der Waals surface area contributed by atoms with Crippen LogP contribution in [0.15, 0.2) is 30.3 Å². The molecule has 6 atom stereocenters. The molecule has 2 fully saturated rings. The van der Waals surface area contributed by atoms with Gasteiger partial charge in [0.25, 0.3) is 0 Å². The Kier molecular flexibility index (Phi) is 7.04. The molecule has 0 spiro atoms. The number of carbonyl (C=O) groups is 2. The lowest BCUT2D eigenvalue weighted by molar-refractivity contribution is -0.287. The minimum absolute atomic E-state index is 0.0815. The molecule has 10 nitrogen and oxygen atoms in total. The molecule has 3 rings (SSSR count). The first-order valence-corrected chi connectivity index (χ1v) is 9.40. The monoisotopic (exact) mass is 411 g/mol. The molecule has 10 heteroatoms. The van der Waals surface area contributed by atoms with Gasteiger partial charge in [-0.15, -0.1) is 0 Å². The van der Waals surface area contributed by atoms with E-state index in [-0.39, 0.29) is 6.61 Å². The molecule has 160 valence electrons. The molecular weight excluding hydrogens is 386 g/mol. The molecule has 1 aromatic rings. The van der Waals surface area contributed by atoms with E-state index in [1.54, 1.807) is 0 Å². The van der Waals surface area contributed by atoms with Crippen molar-refractivity contribution in [1.82, 2.24) is 4.90 Å². The van der Waals surface area contributed by atoms with Gasteiger partial charge in [0.15, 0.2) is 6.29 Å². The summed E-state index contributed by atoms with van der Waals surface area (Å²) in [6.07, 6.45) is -7.41. The van der Waals surface area contributed by atoms with Gasteiger partial charge in [0.1, 0.15) is 43.7 Å². The van der Waals surface area contributed by atoms with E-state index in [2.05, 4.69) is 0 Å². The van der Waals surface area contributed by atoms with Gasteiger partial charge in [-0.1, -0.05) is 30.3 Å². The second kappa shape index (κ2) is 9.51. The molecule has 2 aliphatic rings. The summed E-state index contributed by atoms with van der Waals surface area (Å²) in [7, 11) is 0. The fourth-order valence-corrected chi connectivity index (χ4v) is 3.36. The highest BCUT2D eigenvalue weighted by atomic mass is 16.7. The van der Waals surface area contributed by atoms with Gasteiger partial charge in [0, 0.05) is 6.54 Å². The van der Waals surface area contributed by atoms with Crippen LogP contribution >= 0.6 is 0 Å². The Morgan fingerprint density at radius 2 is 1.76 bits per heavy atom. The van der Waals surface area contributed by atoms with Gasteiger partial charge in [-0.05, 0) is 18.4 Å². The highest BCUT2D eigenvalue weighted by Gasteiger charge is 2.44. The van der Waals surface area contributed by atoms with E-state index in [9.17, 15) is 30.0 Å². The standard InChI is InChI=1S/C19H25NO9/c21-14-13(29-18(25)16(23)15(14)22)10-27-17(24)12-7-4-8-20(12)19(26)28-9-11-5-2-1-3-6-11/h1-3,5-6,12-16,18,21-23,25H,4,7-10H2/t12-,13?,14+,15?,16?,18-/m0/s1. The van der Waals surface area contributed by atoms with Gasteiger partial charge in [0.05, 0.1) is 0 Å². The number of amides is 1. The first-order valence-electron chi connectivity index (χ1n) is 9.40. The van der Waals surface area contributed by atoms with E-state index in [0.717, 1.165) is 5.56 Å². The lowest BCUT2D eigenvalue weighted by Crippen LogP contribution is -2.58. The first kappa shape index (κ1) is 21.5. The van der Waals surface area contributed by atoms with Crippen molar-refractivity contribution in [3.8, 4) is 0 Å². The largest absolute Gasteiger partial charge is 0.461 e. The maximum atomic E-state index is 12.4. The SMILES string of the molecule is O=C(OCC1O[C@H](O)C(O)C(O)[C@@H]1O)[C@@H]1CCCN1C(=O)OCc1ccccc1. The van der Waals surface area contributed by atoms with Crippen molar-refractivity contribution in [1.29, 1.82) is 0 Å². The summed E-state index contributed by atoms with van der Waals surface area (Å²) in [5, 5.41) is 38.6. The number of aliphatic hydroxyl groups excluding tert-OH is 4. The van der Waals surface area contributed by atoms with Crippen molar-refractivity contribution >= 4 is 12.1 Å². The topological polar surface area (TPSA) is 146 Å². The fraction of sp³-hybridized carbons (Fsp3) is 0.579. The number of aliphatic hydroxyl groups is 4. The Hall–Kier alpha value is -2.24. The summed E-state index contributed by atoms with van der Waals surface area (Å²) in [6.45, 7) is -0.0258. The van der Waals surface area contributed by atoms with Crippen LogP contribution in [0.5, 0.6) is 0 Å². The summed E-state index contributed by atoms with van der Waals surface area (Å²) < 4.78 is 15.4. The van der Waals surface area contributed by atoms with Gasteiger partial charge in [-0.2, -0.15) is 0 Å². The van der Waals surface area contributed by atoms with Crippen LogP contribution in [0.1, 0.15) is 18.4 Å². The highest BCUT2D eigenvalue weighted by Crippen LogP contribution is 2.23. The molecule has 2 heterocycles.